The molecule has 1 unspecified atom stereocenters. The van der Waals surface area contributed by atoms with Crippen molar-refractivity contribution in [1.29, 1.82) is 0 Å². The Labute approximate surface area is 171 Å². The number of benzene rings is 2. The van der Waals surface area contributed by atoms with Gasteiger partial charge in [0.1, 0.15) is 5.75 Å². The molecule has 0 radical (unpaired) electrons. The Kier molecular flexibility index (Phi) is 5.61. The minimum Gasteiger partial charge on any atom is -0.493 e. The van der Waals surface area contributed by atoms with Crippen LogP contribution in [0.2, 0.25) is 0 Å². The molecule has 1 N–H and O–H groups in total. The molecule has 4 rings (SSSR count). The Morgan fingerprint density at radius 3 is 2.45 bits per heavy atom. The van der Waals surface area contributed by atoms with E-state index in [9.17, 15) is 13.2 Å². The van der Waals surface area contributed by atoms with Crippen LogP contribution in [0.15, 0.2) is 53.4 Å². The first-order chi connectivity index (χ1) is 13.9. The summed E-state index contributed by atoms with van der Waals surface area (Å²) < 4.78 is 32.9. The first-order valence-electron chi connectivity index (χ1n) is 10.1. The molecule has 1 amide bonds. The number of fused-ring (bicyclic) bond motifs is 1. The van der Waals surface area contributed by atoms with Crippen LogP contribution in [0, 0.1) is 5.92 Å². The van der Waals surface area contributed by atoms with Crippen molar-refractivity contribution < 1.29 is 17.9 Å². The van der Waals surface area contributed by atoms with Crippen molar-refractivity contribution >= 4 is 15.9 Å². The van der Waals surface area contributed by atoms with Gasteiger partial charge in [-0.1, -0.05) is 25.1 Å². The number of nitrogens with one attached hydrogen (secondary N) is 1. The highest BCUT2D eigenvalue weighted by Crippen LogP contribution is 2.31. The SMILES string of the molecule is CC1CCN(S(=O)(=O)c2ccc(C(=O)NC3CCOc4ccccc43)cc2)CC1. The molecule has 29 heavy (non-hydrogen) atoms. The molecule has 0 aromatic heterocycles. The zero-order valence-electron chi connectivity index (χ0n) is 16.5. The van der Waals surface area contributed by atoms with E-state index in [0.717, 1.165) is 24.2 Å². The molecule has 0 spiro atoms. The van der Waals surface area contributed by atoms with Crippen LogP contribution in [0.4, 0.5) is 0 Å². The first-order valence-corrected chi connectivity index (χ1v) is 11.5. The number of nitrogens with zero attached hydrogens (tertiary/aromatic N) is 1. The maximum atomic E-state index is 12.8. The molecule has 0 bridgehead atoms. The molecule has 6 nitrogen and oxygen atoms in total. The summed E-state index contributed by atoms with van der Waals surface area (Å²) in [5, 5.41) is 3.04. The lowest BCUT2D eigenvalue weighted by Gasteiger charge is -2.29. The number of sulfonamides is 1. The number of carbonyl (C=O) groups is 1. The third kappa shape index (κ3) is 4.16. The second-order valence-electron chi connectivity index (χ2n) is 7.81. The number of ether oxygens (including phenoxy) is 1. The fraction of sp³-hybridized carbons (Fsp3) is 0.409. The predicted molar refractivity (Wildman–Crippen MR) is 110 cm³/mol. The number of amides is 1. The molecule has 2 aromatic carbocycles. The number of hydrogen-bond acceptors (Lipinski definition) is 4. The maximum absolute atomic E-state index is 12.8. The van der Waals surface area contributed by atoms with Crippen LogP contribution in [0.3, 0.4) is 0 Å². The Bertz CT molecular complexity index is 980. The summed E-state index contributed by atoms with van der Waals surface area (Å²) in [6, 6.07) is 13.8. The number of para-hydroxylation sites is 1. The second kappa shape index (κ2) is 8.16. The summed E-state index contributed by atoms with van der Waals surface area (Å²) in [7, 11) is -3.51. The third-order valence-electron chi connectivity index (χ3n) is 5.76. The van der Waals surface area contributed by atoms with Gasteiger partial charge in [0.2, 0.25) is 10.0 Å². The molecule has 1 saturated heterocycles. The highest BCUT2D eigenvalue weighted by atomic mass is 32.2. The van der Waals surface area contributed by atoms with E-state index in [1.165, 1.54) is 12.1 Å². The van der Waals surface area contributed by atoms with E-state index in [2.05, 4.69) is 12.2 Å². The average molecular weight is 415 g/mol. The lowest BCUT2D eigenvalue weighted by Crippen LogP contribution is -2.37. The minimum atomic E-state index is -3.51. The topological polar surface area (TPSA) is 75.7 Å². The van der Waals surface area contributed by atoms with Gasteiger partial charge in [-0.15, -0.1) is 0 Å². The minimum absolute atomic E-state index is 0.119. The fourth-order valence-corrected chi connectivity index (χ4v) is 5.36. The van der Waals surface area contributed by atoms with Gasteiger partial charge in [-0.3, -0.25) is 4.79 Å². The van der Waals surface area contributed by atoms with Crippen LogP contribution in [0.25, 0.3) is 0 Å². The summed E-state index contributed by atoms with van der Waals surface area (Å²) in [6.45, 7) is 3.80. The highest BCUT2D eigenvalue weighted by molar-refractivity contribution is 7.89. The van der Waals surface area contributed by atoms with Gasteiger partial charge in [0.05, 0.1) is 17.5 Å². The van der Waals surface area contributed by atoms with E-state index >= 15 is 0 Å². The van der Waals surface area contributed by atoms with Gasteiger partial charge in [-0.25, -0.2) is 8.42 Å². The standard InChI is InChI=1S/C22H26N2O4S/c1-16-10-13-24(14-11-16)29(26,27)18-8-6-17(7-9-18)22(25)23-20-12-15-28-21-5-3-2-4-19(20)21/h2-9,16,20H,10-15H2,1H3,(H,23,25). The van der Waals surface area contributed by atoms with Crippen LogP contribution < -0.4 is 10.1 Å². The van der Waals surface area contributed by atoms with Crippen molar-refractivity contribution in [1.82, 2.24) is 9.62 Å². The molecule has 0 saturated carbocycles. The monoisotopic (exact) mass is 414 g/mol. The van der Waals surface area contributed by atoms with Crippen molar-refractivity contribution in [2.24, 2.45) is 5.92 Å². The molecule has 154 valence electrons. The number of carbonyl (C=O) groups excluding carboxylic acids is 1. The molecule has 1 atom stereocenters. The Hall–Kier alpha value is -2.38. The van der Waals surface area contributed by atoms with Crippen molar-refractivity contribution in [3.63, 3.8) is 0 Å². The summed E-state index contributed by atoms with van der Waals surface area (Å²) >= 11 is 0. The van der Waals surface area contributed by atoms with Crippen LogP contribution in [0.5, 0.6) is 5.75 Å². The number of rotatable bonds is 4. The second-order valence-corrected chi connectivity index (χ2v) is 9.75. The normalized spacial score (nSPS) is 20.5. The molecule has 2 aromatic rings. The molecule has 0 aliphatic carbocycles. The Morgan fingerprint density at radius 2 is 1.72 bits per heavy atom. The largest absolute Gasteiger partial charge is 0.493 e. The van der Waals surface area contributed by atoms with Gasteiger partial charge in [-0.2, -0.15) is 4.31 Å². The van der Waals surface area contributed by atoms with Crippen LogP contribution in [0.1, 0.15) is 48.1 Å². The molecule has 7 heteroatoms. The summed E-state index contributed by atoms with van der Waals surface area (Å²) in [5.74, 6) is 1.13. The average Bonchev–Trinajstić information content (AvgIpc) is 2.74. The van der Waals surface area contributed by atoms with Crippen LogP contribution in [-0.2, 0) is 10.0 Å². The lowest BCUT2D eigenvalue weighted by molar-refractivity contribution is 0.0924. The van der Waals surface area contributed by atoms with Gasteiger partial charge >= 0.3 is 0 Å². The number of hydrogen-bond donors (Lipinski definition) is 1. The molecular formula is C22H26N2O4S. The van der Waals surface area contributed by atoms with Crippen molar-refractivity contribution in [2.75, 3.05) is 19.7 Å². The van der Waals surface area contributed by atoms with Gasteiger partial charge in [0.25, 0.3) is 5.91 Å². The van der Waals surface area contributed by atoms with E-state index in [1.54, 1.807) is 16.4 Å². The smallest absolute Gasteiger partial charge is 0.251 e. The molecule has 2 heterocycles. The van der Waals surface area contributed by atoms with E-state index in [-0.39, 0.29) is 16.8 Å². The van der Waals surface area contributed by atoms with Gasteiger partial charge in [0, 0.05) is 30.6 Å². The Balaban J connectivity index is 1.46. The van der Waals surface area contributed by atoms with E-state index in [0.29, 0.717) is 37.6 Å². The van der Waals surface area contributed by atoms with Crippen molar-refractivity contribution in [3.05, 3.63) is 59.7 Å². The quantitative estimate of drug-likeness (QED) is 0.832. The first kappa shape index (κ1) is 19.9. The van der Waals surface area contributed by atoms with Crippen molar-refractivity contribution in [3.8, 4) is 5.75 Å². The van der Waals surface area contributed by atoms with Crippen LogP contribution in [-0.4, -0.2) is 38.3 Å². The molecular weight excluding hydrogens is 388 g/mol. The number of piperidine rings is 1. The van der Waals surface area contributed by atoms with Crippen molar-refractivity contribution in [2.45, 2.75) is 37.1 Å². The maximum Gasteiger partial charge on any atom is 0.251 e. The van der Waals surface area contributed by atoms with Gasteiger partial charge in [0.15, 0.2) is 0 Å². The fourth-order valence-electron chi connectivity index (χ4n) is 3.89. The highest BCUT2D eigenvalue weighted by Gasteiger charge is 2.28. The summed E-state index contributed by atoms with van der Waals surface area (Å²) in [6.07, 6.45) is 2.46. The molecule has 1 fully saturated rings. The van der Waals surface area contributed by atoms with E-state index in [1.807, 2.05) is 24.3 Å². The van der Waals surface area contributed by atoms with E-state index in [4.69, 9.17) is 4.74 Å². The lowest BCUT2D eigenvalue weighted by atomic mass is 10.00. The third-order valence-corrected chi connectivity index (χ3v) is 7.67. The zero-order valence-corrected chi connectivity index (χ0v) is 17.3. The zero-order chi connectivity index (χ0) is 20.4. The molecule has 2 aliphatic rings. The van der Waals surface area contributed by atoms with Gasteiger partial charge in [-0.05, 0) is 49.1 Å². The summed E-state index contributed by atoms with van der Waals surface area (Å²) in [5.41, 5.74) is 1.41. The van der Waals surface area contributed by atoms with E-state index < -0.39 is 10.0 Å². The Morgan fingerprint density at radius 1 is 1.03 bits per heavy atom. The molecule has 2 aliphatic heterocycles. The van der Waals surface area contributed by atoms with Crippen LogP contribution >= 0.6 is 0 Å². The van der Waals surface area contributed by atoms with Gasteiger partial charge < -0.3 is 10.1 Å². The predicted octanol–water partition coefficient (Wildman–Crippen LogP) is 3.36. The summed E-state index contributed by atoms with van der Waals surface area (Å²) in [4.78, 5) is 12.9.